The number of carboxylic acid groups (broad SMARTS) is 1. The van der Waals surface area contributed by atoms with Crippen LogP contribution in [0.1, 0.15) is 16.1 Å². The van der Waals surface area contributed by atoms with E-state index in [1.165, 1.54) is 0 Å². The second-order valence-corrected chi connectivity index (χ2v) is 5.38. The molecule has 102 valence electrons. The van der Waals surface area contributed by atoms with E-state index in [2.05, 4.69) is 21.0 Å². The summed E-state index contributed by atoms with van der Waals surface area (Å²) in [6, 6.07) is 9.57. The number of carbonyl (C=O) groups is 1. The number of benzene rings is 1. The van der Waals surface area contributed by atoms with Gasteiger partial charge in [0, 0.05) is 18.6 Å². The topological polar surface area (TPSA) is 60.0 Å². The zero-order valence-electron chi connectivity index (χ0n) is 10.7. The number of aromatic nitrogens is 3. The molecule has 0 saturated heterocycles. The summed E-state index contributed by atoms with van der Waals surface area (Å²) in [6.07, 6.45) is 1.61. The van der Waals surface area contributed by atoms with Crippen molar-refractivity contribution in [2.75, 3.05) is 0 Å². The second kappa shape index (κ2) is 4.79. The first-order chi connectivity index (χ1) is 9.56. The quantitative estimate of drug-likeness (QED) is 0.801. The number of aryl methyl sites for hydroxylation is 1. The van der Waals surface area contributed by atoms with Crippen LogP contribution in [0.4, 0.5) is 0 Å². The van der Waals surface area contributed by atoms with Crippen LogP contribution < -0.4 is 0 Å². The zero-order valence-corrected chi connectivity index (χ0v) is 12.3. The monoisotopic (exact) mass is 333 g/mol. The van der Waals surface area contributed by atoms with Crippen molar-refractivity contribution in [1.82, 2.24) is 14.3 Å². The van der Waals surface area contributed by atoms with Crippen LogP contribution in [0.15, 0.2) is 41.1 Å². The van der Waals surface area contributed by atoms with Crippen molar-refractivity contribution in [2.24, 2.45) is 7.05 Å². The Bertz CT molecular complexity index is 804. The Morgan fingerprint density at radius 2 is 2.15 bits per heavy atom. The Morgan fingerprint density at radius 1 is 1.40 bits per heavy atom. The lowest BCUT2D eigenvalue weighted by Gasteiger charge is -2.02. The van der Waals surface area contributed by atoms with E-state index in [0.29, 0.717) is 6.54 Å². The van der Waals surface area contributed by atoms with E-state index in [9.17, 15) is 4.79 Å². The third kappa shape index (κ3) is 2.12. The smallest absolute Gasteiger partial charge is 0.337 e. The van der Waals surface area contributed by atoms with Gasteiger partial charge < -0.3 is 9.67 Å². The minimum absolute atomic E-state index is 0.261. The molecule has 0 bridgehead atoms. The Morgan fingerprint density at radius 3 is 2.85 bits per heavy atom. The number of hydrogen-bond acceptors (Lipinski definition) is 2. The van der Waals surface area contributed by atoms with Crippen LogP contribution in [0.2, 0.25) is 0 Å². The van der Waals surface area contributed by atoms with Gasteiger partial charge in [-0.25, -0.2) is 4.79 Å². The largest absolute Gasteiger partial charge is 0.478 e. The molecule has 5 nitrogen and oxygen atoms in total. The second-order valence-electron chi connectivity index (χ2n) is 4.57. The van der Waals surface area contributed by atoms with E-state index in [4.69, 9.17) is 5.11 Å². The number of para-hydroxylation sites is 1. The molecule has 6 heteroatoms. The van der Waals surface area contributed by atoms with Crippen molar-refractivity contribution in [2.45, 2.75) is 6.54 Å². The van der Waals surface area contributed by atoms with Crippen LogP contribution in [-0.2, 0) is 13.6 Å². The van der Waals surface area contributed by atoms with E-state index in [1.54, 1.807) is 12.3 Å². The Labute approximate surface area is 123 Å². The van der Waals surface area contributed by atoms with Gasteiger partial charge in [0.05, 0.1) is 27.9 Å². The number of rotatable bonds is 3. The number of hydrogen-bond donors (Lipinski definition) is 1. The lowest BCUT2D eigenvalue weighted by atomic mass is 10.2. The van der Waals surface area contributed by atoms with Crippen LogP contribution in [-0.4, -0.2) is 25.4 Å². The average Bonchev–Trinajstić information content (AvgIpc) is 2.93. The van der Waals surface area contributed by atoms with Gasteiger partial charge in [0.1, 0.15) is 0 Å². The van der Waals surface area contributed by atoms with E-state index in [0.717, 1.165) is 21.2 Å². The van der Waals surface area contributed by atoms with Crippen LogP contribution in [0.25, 0.3) is 10.9 Å². The summed E-state index contributed by atoms with van der Waals surface area (Å²) in [5.41, 5.74) is 2.23. The summed E-state index contributed by atoms with van der Waals surface area (Å²) >= 11 is 3.38. The van der Waals surface area contributed by atoms with Gasteiger partial charge in [-0.2, -0.15) is 5.10 Å². The van der Waals surface area contributed by atoms with Crippen molar-refractivity contribution in [3.05, 3.63) is 52.4 Å². The van der Waals surface area contributed by atoms with Crippen LogP contribution >= 0.6 is 15.9 Å². The Balaban J connectivity index is 2.03. The predicted molar refractivity (Wildman–Crippen MR) is 78.9 cm³/mol. The molecule has 3 rings (SSSR count). The van der Waals surface area contributed by atoms with Crippen molar-refractivity contribution >= 4 is 32.8 Å². The average molecular weight is 334 g/mol. The van der Waals surface area contributed by atoms with Crippen LogP contribution in [0.5, 0.6) is 0 Å². The lowest BCUT2D eigenvalue weighted by molar-refractivity contribution is 0.0697. The number of nitrogens with zero attached hydrogens (tertiary/aromatic N) is 3. The molecule has 0 aliphatic rings. The molecule has 2 aromatic heterocycles. The van der Waals surface area contributed by atoms with Gasteiger partial charge in [0.2, 0.25) is 0 Å². The highest BCUT2D eigenvalue weighted by Gasteiger charge is 2.13. The third-order valence-corrected chi connectivity index (χ3v) is 3.93. The molecule has 20 heavy (non-hydrogen) atoms. The zero-order chi connectivity index (χ0) is 14.3. The number of aromatic carboxylic acids is 1. The van der Waals surface area contributed by atoms with Crippen molar-refractivity contribution in [1.29, 1.82) is 0 Å². The van der Waals surface area contributed by atoms with Crippen LogP contribution in [0, 0.1) is 0 Å². The molecule has 0 radical (unpaired) electrons. The first kappa shape index (κ1) is 12.9. The molecule has 0 aliphatic heterocycles. The van der Waals surface area contributed by atoms with Gasteiger partial charge >= 0.3 is 5.97 Å². The van der Waals surface area contributed by atoms with E-state index < -0.39 is 5.97 Å². The summed E-state index contributed by atoms with van der Waals surface area (Å²) in [4.78, 5) is 11.0. The summed E-state index contributed by atoms with van der Waals surface area (Å²) < 4.78 is 4.39. The fraction of sp³-hybridized carbons (Fsp3) is 0.143. The van der Waals surface area contributed by atoms with Gasteiger partial charge in [0.25, 0.3) is 0 Å². The minimum Gasteiger partial charge on any atom is -0.478 e. The molecule has 0 atom stereocenters. The Hall–Kier alpha value is -2.08. The summed E-state index contributed by atoms with van der Waals surface area (Å²) in [6.45, 7) is 0.523. The molecule has 0 fully saturated rings. The van der Waals surface area contributed by atoms with E-state index >= 15 is 0 Å². The first-order valence-corrected chi connectivity index (χ1v) is 6.85. The first-order valence-electron chi connectivity index (χ1n) is 6.06. The molecule has 0 unspecified atom stereocenters. The number of carboxylic acids is 1. The fourth-order valence-electron chi connectivity index (χ4n) is 2.28. The van der Waals surface area contributed by atoms with Gasteiger partial charge in [-0.05, 0) is 28.1 Å². The SMILES string of the molecule is Cn1nc(Cn2cc(C(=O)O)cc2Br)c2ccccc21. The fourth-order valence-corrected chi connectivity index (χ4v) is 2.76. The molecule has 0 saturated carbocycles. The van der Waals surface area contributed by atoms with Crippen molar-refractivity contribution < 1.29 is 9.90 Å². The summed E-state index contributed by atoms with van der Waals surface area (Å²) in [5.74, 6) is -0.935. The molecular formula is C14H12BrN3O2. The minimum atomic E-state index is -0.935. The highest BCUT2D eigenvalue weighted by Crippen LogP contribution is 2.22. The molecule has 3 aromatic rings. The van der Waals surface area contributed by atoms with Gasteiger partial charge in [0.15, 0.2) is 0 Å². The van der Waals surface area contributed by atoms with E-state index in [-0.39, 0.29) is 5.56 Å². The van der Waals surface area contributed by atoms with Gasteiger partial charge in [-0.1, -0.05) is 18.2 Å². The maximum atomic E-state index is 11.0. The van der Waals surface area contributed by atoms with Gasteiger partial charge in [-0.3, -0.25) is 4.68 Å². The highest BCUT2D eigenvalue weighted by molar-refractivity contribution is 9.10. The van der Waals surface area contributed by atoms with Gasteiger partial charge in [-0.15, -0.1) is 0 Å². The lowest BCUT2D eigenvalue weighted by Crippen LogP contribution is -2.01. The predicted octanol–water partition coefficient (Wildman–Crippen LogP) is 2.88. The number of halogens is 1. The maximum Gasteiger partial charge on any atom is 0.337 e. The molecule has 0 aliphatic carbocycles. The third-order valence-electron chi connectivity index (χ3n) is 3.25. The van der Waals surface area contributed by atoms with Crippen LogP contribution in [0.3, 0.4) is 0 Å². The maximum absolute atomic E-state index is 11.0. The summed E-state index contributed by atoms with van der Waals surface area (Å²) in [7, 11) is 1.90. The summed E-state index contributed by atoms with van der Waals surface area (Å²) in [5, 5.41) is 14.6. The Kier molecular flexibility index (Phi) is 3.10. The highest BCUT2D eigenvalue weighted by atomic mass is 79.9. The number of fused-ring (bicyclic) bond motifs is 1. The molecule has 1 aromatic carbocycles. The molecule has 1 N–H and O–H groups in total. The normalized spacial score (nSPS) is 11.1. The molecule has 0 amide bonds. The van der Waals surface area contributed by atoms with Crippen molar-refractivity contribution in [3.8, 4) is 0 Å². The van der Waals surface area contributed by atoms with E-state index in [1.807, 2.05) is 40.6 Å². The van der Waals surface area contributed by atoms with Crippen molar-refractivity contribution in [3.63, 3.8) is 0 Å². The standard InChI is InChI=1S/C14H12BrN3O2/c1-17-12-5-3-2-4-10(12)11(16-17)8-18-7-9(14(19)20)6-13(18)15/h2-7H,8H2,1H3,(H,19,20). The molecular weight excluding hydrogens is 322 g/mol. The molecule has 2 heterocycles. The molecule has 0 spiro atoms.